The van der Waals surface area contributed by atoms with Crippen LogP contribution in [0.2, 0.25) is 0 Å². The van der Waals surface area contributed by atoms with Crippen molar-refractivity contribution in [3.8, 4) is 5.75 Å². The fourth-order valence-corrected chi connectivity index (χ4v) is 3.38. The Labute approximate surface area is 156 Å². The van der Waals surface area contributed by atoms with Crippen LogP contribution in [0.25, 0.3) is 0 Å². The van der Waals surface area contributed by atoms with Crippen molar-refractivity contribution < 1.29 is 19.3 Å². The van der Waals surface area contributed by atoms with Gasteiger partial charge in [-0.2, -0.15) is 5.06 Å². The Bertz CT molecular complexity index is 782. The van der Waals surface area contributed by atoms with Gasteiger partial charge in [-0.25, -0.2) is 15.3 Å². The lowest BCUT2D eigenvalue weighted by Gasteiger charge is -2.28. The van der Waals surface area contributed by atoms with E-state index in [1.165, 1.54) is 5.06 Å². The number of carbonyl (C=O) groups is 2. The van der Waals surface area contributed by atoms with Gasteiger partial charge in [0.05, 0.1) is 19.0 Å². The minimum Gasteiger partial charge on any atom is -0.375 e. The number of rotatable bonds is 7. The van der Waals surface area contributed by atoms with Crippen LogP contribution in [-0.2, 0) is 16.2 Å². The van der Waals surface area contributed by atoms with Gasteiger partial charge in [0.1, 0.15) is 6.04 Å². The summed E-state index contributed by atoms with van der Waals surface area (Å²) in [6.07, 6.45) is 6.44. The maximum Gasteiger partial charge on any atom is 0.354 e. The molecule has 2 fully saturated rings. The molecule has 9 nitrogen and oxygen atoms in total. The van der Waals surface area contributed by atoms with E-state index < -0.39 is 6.04 Å². The smallest absolute Gasteiger partial charge is 0.354 e. The molecule has 2 aromatic rings. The van der Waals surface area contributed by atoms with Gasteiger partial charge in [0, 0.05) is 25.5 Å². The van der Waals surface area contributed by atoms with E-state index in [1.807, 2.05) is 29.0 Å². The van der Waals surface area contributed by atoms with Gasteiger partial charge >= 0.3 is 6.03 Å². The third-order valence-corrected chi connectivity index (χ3v) is 4.76. The molecule has 0 radical (unpaired) electrons. The van der Waals surface area contributed by atoms with Crippen LogP contribution in [0.1, 0.15) is 12.8 Å². The predicted molar refractivity (Wildman–Crippen MR) is 94.1 cm³/mol. The number of nitrogens with zero attached hydrogens (tertiary/aromatic N) is 4. The highest BCUT2D eigenvalue weighted by Gasteiger charge is 2.48. The van der Waals surface area contributed by atoms with Crippen molar-refractivity contribution in [2.45, 2.75) is 31.5 Å². The monoisotopic (exact) mass is 371 g/mol. The summed E-state index contributed by atoms with van der Waals surface area (Å²) in [6.45, 7) is 1.36. The Kier molecular flexibility index (Phi) is 4.93. The molecule has 0 saturated carbocycles. The molecule has 1 aromatic heterocycles. The highest BCUT2D eigenvalue weighted by Crippen LogP contribution is 2.30. The van der Waals surface area contributed by atoms with E-state index in [-0.39, 0.29) is 18.0 Å². The highest BCUT2D eigenvalue weighted by atomic mass is 16.7. The second-order valence-electron chi connectivity index (χ2n) is 6.53. The molecule has 142 valence electrons. The van der Waals surface area contributed by atoms with Crippen molar-refractivity contribution in [2.24, 2.45) is 0 Å². The number of piperidine rings is 1. The molecule has 2 aliphatic heterocycles. The normalized spacial score (nSPS) is 21.4. The number of carbonyl (C=O) groups excluding carboxylic acids is 2. The number of amides is 3. The molecule has 0 spiro atoms. The lowest BCUT2D eigenvalue weighted by Crippen LogP contribution is -2.49. The third kappa shape index (κ3) is 3.72. The molecule has 3 heterocycles. The average molecular weight is 371 g/mol. The number of nitrogens with one attached hydrogen (secondary N) is 1. The fraction of sp³-hybridized carbons (Fsp3) is 0.389. The molecule has 9 heteroatoms. The lowest BCUT2D eigenvalue weighted by molar-refractivity contribution is -0.139. The van der Waals surface area contributed by atoms with Crippen LogP contribution in [0.3, 0.4) is 0 Å². The van der Waals surface area contributed by atoms with E-state index >= 15 is 0 Å². The molecule has 1 N–H and O–H groups in total. The van der Waals surface area contributed by atoms with E-state index in [0.717, 1.165) is 0 Å². The van der Waals surface area contributed by atoms with Crippen molar-refractivity contribution in [2.75, 3.05) is 13.2 Å². The number of urea groups is 1. The zero-order chi connectivity index (χ0) is 18.6. The quantitative estimate of drug-likeness (QED) is 0.583. The van der Waals surface area contributed by atoms with Crippen molar-refractivity contribution in [1.29, 1.82) is 0 Å². The summed E-state index contributed by atoms with van der Waals surface area (Å²) in [5.41, 5.74) is 2.46. The standard InChI is InChI=1S/C18H21N5O4/c24-17(20-26-11-10-21-9-8-19-13-21)16-7-6-14-12-22(16)18(25)23(14)27-15-4-2-1-3-5-15/h1-5,8-9,13-14,16H,6-7,10-12H2,(H,20,24)/t14-,16-/m0/s1. The van der Waals surface area contributed by atoms with E-state index in [4.69, 9.17) is 9.68 Å². The molecule has 27 heavy (non-hydrogen) atoms. The molecule has 0 aliphatic carbocycles. The molecule has 2 bridgehead atoms. The van der Waals surface area contributed by atoms with Crippen LogP contribution in [0.15, 0.2) is 49.1 Å². The Morgan fingerprint density at radius 1 is 1.26 bits per heavy atom. The van der Waals surface area contributed by atoms with Crippen LogP contribution < -0.4 is 10.3 Å². The van der Waals surface area contributed by atoms with Gasteiger partial charge in [-0.3, -0.25) is 9.63 Å². The zero-order valence-corrected chi connectivity index (χ0v) is 14.7. The van der Waals surface area contributed by atoms with Crippen LogP contribution in [0.4, 0.5) is 4.79 Å². The second kappa shape index (κ2) is 7.67. The first-order chi connectivity index (χ1) is 13.2. The van der Waals surface area contributed by atoms with Gasteiger partial charge in [0.15, 0.2) is 5.75 Å². The summed E-state index contributed by atoms with van der Waals surface area (Å²) >= 11 is 0. The number of para-hydroxylation sites is 1. The molecule has 2 saturated heterocycles. The minimum absolute atomic E-state index is 0.0519. The third-order valence-electron chi connectivity index (χ3n) is 4.76. The van der Waals surface area contributed by atoms with Gasteiger partial charge in [-0.1, -0.05) is 18.2 Å². The first-order valence-corrected chi connectivity index (χ1v) is 8.92. The van der Waals surface area contributed by atoms with Gasteiger partial charge in [-0.05, 0) is 25.0 Å². The van der Waals surface area contributed by atoms with Gasteiger partial charge in [0.2, 0.25) is 0 Å². The number of imidazole rings is 1. The Morgan fingerprint density at radius 3 is 2.89 bits per heavy atom. The summed E-state index contributed by atoms with van der Waals surface area (Å²) < 4.78 is 1.85. The summed E-state index contributed by atoms with van der Waals surface area (Å²) in [6, 6.07) is 8.27. The molecule has 3 amide bonds. The number of benzene rings is 1. The number of fused-ring (bicyclic) bond motifs is 2. The molecule has 2 atom stereocenters. The largest absolute Gasteiger partial charge is 0.375 e. The van der Waals surface area contributed by atoms with Crippen LogP contribution in [0.5, 0.6) is 5.75 Å². The van der Waals surface area contributed by atoms with E-state index in [2.05, 4.69) is 10.5 Å². The highest BCUT2D eigenvalue weighted by molar-refractivity contribution is 5.88. The fourth-order valence-electron chi connectivity index (χ4n) is 3.38. The predicted octanol–water partition coefficient (Wildman–Crippen LogP) is 1.19. The van der Waals surface area contributed by atoms with Crippen LogP contribution >= 0.6 is 0 Å². The topological polar surface area (TPSA) is 88.9 Å². The Balaban J connectivity index is 1.30. The Morgan fingerprint density at radius 2 is 2.11 bits per heavy atom. The summed E-state index contributed by atoms with van der Waals surface area (Å²) in [4.78, 5) is 41.6. The first-order valence-electron chi connectivity index (χ1n) is 8.92. The zero-order valence-electron chi connectivity index (χ0n) is 14.7. The molecule has 2 aliphatic rings. The molecule has 1 aromatic carbocycles. The van der Waals surface area contributed by atoms with Crippen molar-refractivity contribution in [3.05, 3.63) is 49.1 Å². The van der Waals surface area contributed by atoms with E-state index in [1.54, 1.807) is 29.6 Å². The SMILES string of the molecule is O=C(NOCCn1ccnc1)[C@@H]1CC[C@H]2CN1C(=O)N2Oc1ccccc1. The van der Waals surface area contributed by atoms with Gasteiger partial charge in [-0.15, -0.1) is 0 Å². The maximum atomic E-state index is 12.7. The second-order valence-corrected chi connectivity index (χ2v) is 6.53. The Hall–Kier alpha value is -3.07. The van der Waals surface area contributed by atoms with Crippen molar-refractivity contribution >= 4 is 11.9 Å². The van der Waals surface area contributed by atoms with Crippen molar-refractivity contribution in [3.63, 3.8) is 0 Å². The van der Waals surface area contributed by atoms with E-state index in [9.17, 15) is 9.59 Å². The summed E-state index contributed by atoms with van der Waals surface area (Å²) in [7, 11) is 0. The molecular formula is C18H21N5O4. The average Bonchev–Trinajstić information content (AvgIpc) is 3.29. The minimum atomic E-state index is -0.550. The van der Waals surface area contributed by atoms with Crippen LogP contribution in [0, 0.1) is 0 Å². The molecule has 0 unspecified atom stereocenters. The van der Waals surface area contributed by atoms with E-state index in [0.29, 0.717) is 38.3 Å². The number of aromatic nitrogens is 2. The number of hydrogen-bond donors (Lipinski definition) is 1. The maximum absolute atomic E-state index is 12.7. The number of hydrogen-bond acceptors (Lipinski definition) is 5. The molecular weight excluding hydrogens is 350 g/mol. The van der Waals surface area contributed by atoms with Gasteiger partial charge in [0.25, 0.3) is 5.91 Å². The summed E-state index contributed by atoms with van der Waals surface area (Å²) in [5.74, 6) is 0.289. The first kappa shape index (κ1) is 17.3. The molecule has 4 rings (SSSR count). The lowest BCUT2D eigenvalue weighted by atomic mass is 10.0. The van der Waals surface area contributed by atoms with Crippen LogP contribution in [-0.4, -0.2) is 56.7 Å². The summed E-state index contributed by atoms with van der Waals surface area (Å²) in [5, 5.41) is 1.38. The van der Waals surface area contributed by atoms with Gasteiger partial charge < -0.3 is 14.3 Å². The number of hydroxylamine groups is 3. The van der Waals surface area contributed by atoms with Crippen molar-refractivity contribution in [1.82, 2.24) is 25.0 Å².